The minimum Gasteiger partial charge on any atom is -0.354 e. The first-order valence-electron chi connectivity index (χ1n) is 4.07. The molecule has 0 aromatic carbocycles. The lowest BCUT2D eigenvalue weighted by molar-refractivity contribution is 0.0959. The Morgan fingerprint density at radius 3 is 3.07 bits per heavy atom. The maximum Gasteiger partial charge on any atom is 0.267 e. The van der Waals surface area contributed by atoms with Crippen molar-refractivity contribution in [3.63, 3.8) is 0 Å². The molecule has 0 spiro atoms. The monoisotopic (exact) mass is 209 g/mol. The summed E-state index contributed by atoms with van der Waals surface area (Å²) in [6.45, 7) is 0. The number of hydrogen-bond donors (Lipinski definition) is 2. The molecule has 2 N–H and O–H groups in total. The van der Waals surface area contributed by atoms with Crippen LogP contribution in [0.4, 0.5) is 0 Å². The van der Waals surface area contributed by atoms with Gasteiger partial charge in [0.15, 0.2) is 0 Å². The third-order valence-corrected chi connectivity index (χ3v) is 2.28. The smallest absolute Gasteiger partial charge is 0.267 e. The maximum absolute atomic E-state index is 11.3. The fourth-order valence-electron chi connectivity index (χ4n) is 1.25. The number of rotatable bonds is 1. The summed E-state index contributed by atoms with van der Waals surface area (Å²) < 4.78 is 0. The second-order valence-electron chi connectivity index (χ2n) is 2.82. The van der Waals surface area contributed by atoms with Crippen molar-refractivity contribution in [1.82, 2.24) is 15.3 Å². The van der Waals surface area contributed by atoms with Gasteiger partial charge in [-0.1, -0.05) is 11.6 Å². The first kappa shape index (κ1) is 9.02. The third-order valence-electron chi connectivity index (χ3n) is 1.95. The number of nitrogens with zero attached hydrogens (tertiary/aromatic N) is 1. The molecule has 2 aromatic heterocycles. The molecule has 2 heterocycles. The van der Waals surface area contributed by atoms with Crippen molar-refractivity contribution in [1.29, 1.82) is 0 Å². The summed E-state index contributed by atoms with van der Waals surface area (Å²) in [7, 11) is 1.57. The van der Waals surface area contributed by atoms with Gasteiger partial charge in [0.2, 0.25) is 0 Å². The molecule has 0 aliphatic heterocycles. The lowest BCUT2D eigenvalue weighted by Crippen LogP contribution is -2.17. The van der Waals surface area contributed by atoms with Gasteiger partial charge in [-0.2, -0.15) is 0 Å². The van der Waals surface area contributed by atoms with Crippen LogP contribution in [0.5, 0.6) is 0 Å². The summed E-state index contributed by atoms with van der Waals surface area (Å²) in [6.07, 6.45) is 1.59. The lowest BCUT2D eigenvalue weighted by Gasteiger charge is -1.92. The average molecular weight is 210 g/mol. The molecule has 0 aliphatic carbocycles. The van der Waals surface area contributed by atoms with Crippen LogP contribution in [0.15, 0.2) is 18.3 Å². The number of hydrogen-bond acceptors (Lipinski definition) is 2. The van der Waals surface area contributed by atoms with E-state index in [9.17, 15) is 4.79 Å². The van der Waals surface area contributed by atoms with E-state index >= 15 is 0 Å². The number of amides is 1. The molecule has 4 nitrogen and oxygen atoms in total. The first-order valence-corrected chi connectivity index (χ1v) is 4.45. The Labute approximate surface area is 85.3 Å². The van der Waals surface area contributed by atoms with Gasteiger partial charge in [0.1, 0.15) is 11.3 Å². The Bertz CT molecular complexity index is 492. The molecule has 0 bridgehead atoms. The van der Waals surface area contributed by atoms with E-state index in [4.69, 9.17) is 11.6 Å². The van der Waals surface area contributed by atoms with E-state index in [1.807, 2.05) is 0 Å². The summed E-state index contributed by atoms with van der Waals surface area (Å²) in [5.74, 6) is -0.181. The number of H-pyrrole nitrogens is 1. The molecule has 2 aromatic rings. The van der Waals surface area contributed by atoms with Crippen molar-refractivity contribution in [3.8, 4) is 0 Å². The molecule has 1 amide bonds. The zero-order chi connectivity index (χ0) is 10.1. The molecular weight excluding hydrogens is 202 g/mol. The molecule has 0 saturated heterocycles. The highest BCUT2D eigenvalue weighted by Gasteiger charge is 2.09. The highest BCUT2D eigenvalue weighted by atomic mass is 35.5. The highest BCUT2D eigenvalue weighted by Crippen LogP contribution is 2.21. The minimum absolute atomic E-state index is 0.181. The van der Waals surface area contributed by atoms with Gasteiger partial charge in [0, 0.05) is 18.6 Å². The number of carbonyl (C=O) groups is 1. The van der Waals surface area contributed by atoms with Crippen LogP contribution in [0, 0.1) is 0 Å². The predicted molar refractivity (Wildman–Crippen MR) is 54.5 cm³/mol. The minimum atomic E-state index is -0.181. The van der Waals surface area contributed by atoms with Crippen LogP contribution in [0.2, 0.25) is 5.02 Å². The van der Waals surface area contributed by atoms with Crippen molar-refractivity contribution >= 4 is 28.5 Å². The molecule has 0 atom stereocenters. The standard InChI is InChI=1S/C9H8ClN3O/c1-11-9(14)7-4-5-6(10)2-3-12-8(5)13-7/h2-4H,1H3,(H,11,14)(H,12,13). The van der Waals surface area contributed by atoms with Crippen LogP contribution in [0.1, 0.15) is 10.5 Å². The number of halogens is 1. The molecule has 72 valence electrons. The number of aromatic amines is 1. The Morgan fingerprint density at radius 1 is 1.64 bits per heavy atom. The Balaban J connectivity index is 2.62. The number of fused-ring (bicyclic) bond motifs is 1. The molecule has 0 unspecified atom stereocenters. The largest absolute Gasteiger partial charge is 0.354 e. The van der Waals surface area contributed by atoms with Gasteiger partial charge in [-0.25, -0.2) is 4.98 Å². The van der Waals surface area contributed by atoms with Crippen LogP contribution in [0.3, 0.4) is 0 Å². The molecule has 0 radical (unpaired) electrons. The fourth-order valence-corrected chi connectivity index (χ4v) is 1.45. The topological polar surface area (TPSA) is 57.8 Å². The molecule has 14 heavy (non-hydrogen) atoms. The van der Waals surface area contributed by atoms with E-state index in [0.717, 1.165) is 5.39 Å². The quantitative estimate of drug-likeness (QED) is 0.749. The molecular formula is C9H8ClN3O. The predicted octanol–water partition coefficient (Wildman–Crippen LogP) is 1.58. The zero-order valence-electron chi connectivity index (χ0n) is 7.47. The van der Waals surface area contributed by atoms with Gasteiger partial charge >= 0.3 is 0 Å². The van der Waals surface area contributed by atoms with Crippen LogP contribution in [0.25, 0.3) is 11.0 Å². The number of pyridine rings is 1. The molecule has 0 fully saturated rings. The second-order valence-corrected chi connectivity index (χ2v) is 3.22. The van der Waals surface area contributed by atoms with Crippen LogP contribution >= 0.6 is 11.6 Å². The SMILES string of the molecule is CNC(=O)c1cc2c(Cl)ccnc2[nH]1. The molecule has 0 saturated carbocycles. The Kier molecular flexibility index (Phi) is 2.13. The lowest BCUT2D eigenvalue weighted by atomic mass is 10.3. The molecule has 0 aliphatic rings. The molecule has 2 rings (SSSR count). The number of carbonyl (C=O) groups excluding carboxylic acids is 1. The number of aromatic nitrogens is 2. The fraction of sp³-hybridized carbons (Fsp3) is 0.111. The average Bonchev–Trinajstić information content (AvgIpc) is 2.62. The summed E-state index contributed by atoms with van der Waals surface area (Å²) in [5.41, 5.74) is 1.08. The van der Waals surface area contributed by atoms with Crippen molar-refractivity contribution in [2.75, 3.05) is 7.05 Å². The van der Waals surface area contributed by atoms with Gasteiger partial charge in [-0.3, -0.25) is 4.79 Å². The van der Waals surface area contributed by atoms with Crippen LogP contribution < -0.4 is 5.32 Å². The van der Waals surface area contributed by atoms with Gasteiger partial charge in [0.05, 0.1) is 5.02 Å². The van der Waals surface area contributed by atoms with E-state index in [-0.39, 0.29) is 5.91 Å². The third kappa shape index (κ3) is 1.33. The zero-order valence-corrected chi connectivity index (χ0v) is 8.22. The van der Waals surface area contributed by atoms with E-state index in [1.165, 1.54) is 0 Å². The number of nitrogens with one attached hydrogen (secondary N) is 2. The Hall–Kier alpha value is -1.55. The first-order chi connectivity index (χ1) is 6.72. The summed E-state index contributed by atoms with van der Waals surface area (Å²) in [4.78, 5) is 18.2. The van der Waals surface area contributed by atoms with Crippen LogP contribution in [-0.2, 0) is 0 Å². The van der Waals surface area contributed by atoms with E-state index in [1.54, 1.807) is 25.4 Å². The maximum atomic E-state index is 11.3. The van der Waals surface area contributed by atoms with Crippen molar-refractivity contribution in [2.45, 2.75) is 0 Å². The van der Waals surface area contributed by atoms with Gasteiger partial charge in [0.25, 0.3) is 5.91 Å². The van der Waals surface area contributed by atoms with E-state index in [2.05, 4.69) is 15.3 Å². The van der Waals surface area contributed by atoms with Crippen LogP contribution in [-0.4, -0.2) is 22.9 Å². The normalized spacial score (nSPS) is 10.4. The van der Waals surface area contributed by atoms with Gasteiger partial charge < -0.3 is 10.3 Å². The van der Waals surface area contributed by atoms with E-state index < -0.39 is 0 Å². The van der Waals surface area contributed by atoms with Gasteiger partial charge in [-0.15, -0.1) is 0 Å². The summed E-state index contributed by atoms with van der Waals surface area (Å²) in [6, 6.07) is 3.37. The Morgan fingerprint density at radius 2 is 2.43 bits per heavy atom. The second kappa shape index (κ2) is 3.31. The van der Waals surface area contributed by atoms with Crippen molar-refractivity contribution < 1.29 is 4.79 Å². The summed E-state index contributed by atoms with van der Waals surface area (Å²) in [5, 5.41) is 3.86. The van der Waals surface area contributed by atoms with Crippen molar-refractivity contribution in [2.24, 2.45) is 0 Å². The van der Waals surface area contributed by atoms with E-state index in [0.29, 0.717) is 16.4 Å². The van der Waals surface area contributed by atoms with Gasteiger partial charge in [-0.05, 0) is 12.1 Å². The van der Waals surface area contributed by atoms with Crippen molar-refractivity contribution in [3.05, 3.63) is 29.0 Å². The highest BCUT2D eigenvalue weighted by molar-refractivity contribution is 6.35. The molecule has 5 heteroatoms. The summed E-state index contributed by atoms with van der Waals surface area (Å²) >= 11 is 5.93.